The van der Waals surface area contributed by atoms with Crippen LogP contribution in [0.2, 0.25) is 0 Å². The smallest absolute Gasteiger partial charge is 0.354 e. The first kappa shape index (κ1) is 12.9. The van der Waals surface area contributed by atoms with Gasteiger partial charge in [-0.15, -0.1) is 0 Å². The highest BCUT2D eigenvalue weighted by molar-refractivity contribution is 5.86. The monoisotopic (exact) mass is 262 g/mol. The highest BCUT2D eigenvalue weighted by atomic mass is 16.4. The van der Waals surface area contributed by atoms with Crippen LogP contribution >= 0.6 is 0 Å². The Morgan fingerprint density at radius 3 is 2.95 bits per heavy atom. The molecular formula is C12H14N4O3. The molecule has 19 heavy (non-hydrogen) atoms. The molecule has 0 bridgehead atoms. The third-order valence-electron chi connectivity index (χ3n) is 2.50. The Morgan fingerprint density at radius 1 is 1.53 bits per heavy atom. The molecule has 2 heterocycles. The summed E-state index contributed by atoms with van der Waals surface area (Å²) >= 11 is 0. The van der Waals surface area contributed by atoms with Crippen molar-refractivity contribution in [2.24, 2.45) is 0 Å². The number of nitrogens with two attached hydrogens (primary N) is 1. The van der Waals surface area contributed by atoms with Gasteiger partial charge in [-0.2, -0.15) is 0 Å². The Morgan fingerprint density at radius 2 is 2.32 bits per heavy atom. The van der Waals surface area contributed by atoms with E-state index >= 15 is 0 Å². The van der Waals surface area contributed by atoms with Crippen LogP contribution in [-0.2, 0) is 13.0 Å². The number of aromatic nitrogens is 2. The third-order valence-corrected chi connectivity index (χ3v) is 2.50. The lowest BCUT2D eigenvalue weighted by Crippen LogP contribution is -2.08. The summed E-state index contributed by atoms with van der Waals surface area (Å²) < 4.78 is 5.41. The number of aromatic carboxylic acids is 1. The zero-order chi connectivity index (χ0) is 13.8. The van der Waals surface area contributed by atoms with E-state index in [0.717, 1.165) is 12.2 Å². The van der Waals surface area contributed by atoms with Gasteiger partial charge in [-0.25, -0.2) is 14.8 Å². The number of nitrogens with one attached hydrogen (secondary N) is 1. The molecule has 0 spiro atoms. The second-order valence-corrected chi connectivity index (χ2v) is 3.87. The largest absolute Gasteiger partial charge is 0.477 e. The van der Waals surface area contributed by atoms with Crippen LogP contribution in [0, 0.1) is 0 Å². The van der Waals surface area contributed by atoms with Crippen molar-refractivity contribution in [2.75, 3.05) is 11.1 Å². The average Bonchev–Trinajstić information content (AvgIpc) is 2.85. The quantitative estimate of drug-likeness (QED) is 0.748. The molecule has 7 heteroatoms. The number of carboxylic acid groups (broad SMARTS) is 1. The second kappa shape index (κ2) is 5.38. The molecule has 7 nitrogen and oxygen atoms in total. The molecule has 0 unspecified atom stereocenters. The fourth-order valence-corrected chi connectivity index (χ4v) is 1.48. The lowest BCUT2D eigenvalue weighted by atomic mass is 10.3. The van der Waals surface area contributed by atoms with Gasteiger partial charge in [0.25, 0.3) is 0 Å². The van der Waals surface area contributed by atoms with Crippen molar-refractivity contribution in [3.8, 4) is 0 Å². The van der Waals surface area contributed by atoms with E-state index in [-0.39, 0.29) is 5.69 Å². The minimum Gasteiger partial charge on any atom is -0.477 e. The number of nitrogens with zero attached hydrogens (tertiary/aromatic N) is 2. The van der Waals surface area contributed by atoms with Crippen molar-refractivity contribution in [1.82, 2.24) is 9.97 Å². The zero-order valence-electron chi connectivity index (χ0n) is 10.4. The molecule has 2 aromatic heterocycles. The number of oxazole rings is 1. The highest BCUT2D eigenvalue weighted by Crippen LogP contribution is 2.17. The number of nitrogen functional groups attached to an aromatic ring is 1. The highest BCUT2D eigenvalue weighted by Gasteiger charge is 2.09. The van der Waals surface area contributed by atoms with Crippen LogP contribution in [0.3, 0.4) is 0 Å². The predicted molar refractivity (Wildman–Crippen MR) is 68.8 cm³/mol. The maximum atomic E-state index is 10.8. The molecule has 0 amide bonds. The van der Waals surface area contributed by atoms with Gasteiger partial charge in [0.05, 0.1) is 18.4 Å². The van der Waals surface area contributed by atoms with Crippen molar-refractivity contribution in [2.45, 2.75) is 19.9 Å². The van der Waals surface area contributed by atoms with Gasteiger partial charge in [0.15, 0.2) is 11.5 Å². The molecule has 0 saturated heterocycles. The minimum atomic E-state index is -1.10. The number of rotatable bonds is 5. The fourth-order valence-electron chi connectivity index (χ4n) is 1.48. The summed E-state index contributed by atoms with van der Waals surface area (Å²) in [7, 11) is 0. The van der Waals surface area contributed by atoms with Crippen LogP contribution in [0.15, 0.2) is 22.7 Å². The minimum absolute atomic E-state index is 0.0710. The van der Waals surface area contributed by atoms with Gasteiger partial charge in [-0.1, -0.05) is 6.92 Å². The summed E-state index contributed by atoms with van der Waals surface area (Å²) in [6.45, 7) is 2.26. The van der Waals surface area contributed by atoms with E-state index in [1.807, 2.05) is 6.92 Å². The van der Waals surface area contributed by atoms with Gasteiger partial charge in [0.1, 0.15) is 5.76 Å². The number of hydrogen-bond donors (Lipinski definition) is 3. The van der Waals surface area contributed by atoms with Crippen molar-refractivity contribution in [3.63, 3.8) is 0 Å². The molecule has 4 N–H and O–H groups in total. The average molecular weight is 262 g/mol. The first-order chi connectivity index (χ1) is 9.10. The number of anilines is 2. The summed E-state index contributed by atoms with van der Waals surface area (Å²) in [5, 5.41) is 11.8. The predicted octanol–water partition coefficient (Wildman–Crippen LogP) is 1.52. The summed E-state index contributed by atoms with van der Waals surface area (Å²) in [5.41, 5.74) is 6.01. The van der Waals surface area contributed by atoms with Crippen molar-refractivity contribution in [3.05, 3.63) is 35.7 Å². The van der Waals surface area contributed by atoms with E-state index in [9.17, 15) is 4.79 Å². The maximum absolute atomic E-state index is 10.8. The number of pyridine rings is 1. The molecule has 2 rings (SSSR count). The first-order valence-corrected chi connectivity index (χ1v) is 5.77. The van der Waals surface area contributed by atoms with Crippen molar-refractivity contribution < 1.29 is 14.3 Å². The summed E-state index contributed by atoms with van der Waals surface area (Å²) in [4.78, 5) is 18.8. The van der Waals surface area contributed by atoms with Crippen LogP contribution in [0.25, 0.3) is 0 Å². The second-order valence-electron chi connectivity index (χ2n) is 3.87. The Labute approximate surface area is 109 Å². The van der Waals surface area contributed by atoms with Gasteiger partial charge in [0, 0.05) is 6.42 Å². The van der Waals surface area contributed by atoms with E-state index in [1.54, 1.807) is 6.20 Å². The standard InChI is InChI=1S/C12H14N4O3/c1-2-7-5-14-10(19-7)6-15-11-8(13)3-4-9(16-11)12(17)18/h3-5H,2,6,13H2,1H3,(H,15,16)(H,17,18). The van der Waals surface area contributed by atoms with Crippen LogP contribution in [0.5, 0.6) is 0 Å². The summed E-state index contributed by atoms with van der Waals surface area (Å²) in [6.07, 6.45) is 2.42. The van der Waals surface area contributed by atoms with E-state index in [0.29, 0.717) is 23.9 Å². The maximum Gasteiger partial charge on any atom is 0.354 e. The summed E-state index contributed by atoms with van der Waals surface area (Å²) in [5.74, 6) is 0.486. The molecule has 0 aromatic carbocycles. The van der Waals surface area contributed by atoms with E-state index in [2.05, 4.69) is 15.3 Å². The van der Waals surface area contributed by atoms with E-state index in [1.165, 1.54) is 12.1 Å². The molecule has 0 atom stereocenters. The lowest BCUT2D eigenvalue weighted by molar-refractivity contribution is 0.0690. The molecule has 0 aliphatic heterocycles. The Hall–Kier alpha value is -2.57. The van der Waals surface area contributed by atoms with Gasteiger partial charge in [-0.05, 0) is 12.1 Å². The van der Waals surface area contributed by atoms with E-state index < -0.39 is 5.97 Å². The molecule has 0 aliphatic carbocycles. The number of aryl methyl sites for hydroxylation is 1. The molecule has 0 fully saturated rings. The van der Waals surface area contributed by atoms with Gasteiger partial charge in [0.2, 0.25) is 5.89 Å². The molecular weight excluding hydrogens is 248 g/mol. The Bertz CT molecular complexity index is 594. The Balaban J connectivity index is 2.10. The zero-order valence-corrected chi connectivity index (χ0v) is 10.4. The molecule has 2 aromatic rings. The van der Waals surface area contributed by atoms with Crippen molar-refractivity contribution in [1.29, 1.82) is 0 Å². The number of carboxylic acids is 1. The number of hydrogen-bond acceptors (Lipinski definition) is 6. The topological polar surface area (TPSA) is 114 Å². The molecule has 0 radical (unpaired) electrons. The molecule has 0 saturated carbocycles. The number of carbonyl (C=O) groups is 1. The molecule has 0 aliphatic rings. The third kappa shape index (κ3) is 3.01. The van der Waals surface area contributed by atoms with Crippen LogP contribution in [0.1, 0.15) is 29.1 Å². The van der Waals surface area contributed by atoms with Crippen LogP contribution in [0.4, 0.5) is 11.5 Å². The van der Waals surface area contributed by atoms with E-state index in [4.69, 9.17) is 15.3 Å². The van der Waals surface area contributed by atoms with Crippen LogP contribution < -0.4 is 11.1 Å². The Kier molecular flexibility index (Phi) is 3.65. The van der Waals surface area contributed by atoms with Gasteiger partial charge >= 0.3 is 5.97 Å². The van der Waals surface area contributed by atoms with Crippen molar-refractivity contribution >= 4 is 17.5 Å². The first-order valence-electron chi connectivity index (χ1n) is 5.77. The lowest BCUT2D eigenvalue weighted by Gasteiger charge is -2.07. The van der Waals surface area contributed by atoms with Gasteiger partial charge in [-0.3, -0.25) is 0 Å². The fraction of sp³-hybridized carbons (Fsp3) is 0.250. The normalized spacial score (nSPS) is 10.4. The SMILES string of the molecule is CCc1cnc(CNc2nc(C(=O)O)ccc2N)o1. The molecule has 100 valence electrons. The van der Waals surface area contributed by atoms with Crippen LogP contribution in [-0.4, -0.2) is 21.0 Å². The van der Waals surface area contributed by atoms with Gasteiger partial charge < -0.3 is 20.6 Å². The summed E-state index contributed by atoms with van der Waals surface area (Å²) in [6, 6.07) is 2.84.